The van der Waals surface area contributed by atoms with Crippen molar-refractivity contribution < 1.29 is 15.0 Å². The van der Waals surface area contributed by atoms with Crippen LogP contribution in [0.2, 0.25) is 5.02 Å². The molecule has 5 heteroatoms. The second-order valence-corrected chi connectivity index (χ2v) is 4.91. The number of halogens is 1. The average Bonchev–Trinajstić information content (AvgIpc) is 2.65. The molecule has 0 aliphatic heterocycles. The van der Waals surface area contributed by atoms with Gasteiger partial charge in [-0.25, -0.2) is 4.79 Å². The number of carboxylic acid groups (broad SMARTS) is 1. The summed E-state index contributed by atoms with van der Waals surface area (Å²) in [4.78, 5) is 10.9. The van der Waals surface area contributed by atoms with Gasteiger partial charge < -0.3 is 14.8 Å². The Kier molecular flexibility index (Phi) is 3.32. The third kappa shape index (κ3) is 2.09. The molecular weight excluding hydrogens is 254 g/mol. The third-order valence-corrected chi connectivity index (χ3v) is 3.10. The van der Waals surface area contributed by atoms with E-state index in [0.717, 1.165) is 10.9 Å². The maximum absolute atomic E-state index is 10.9. The van der Waals surface area contributed by atoms with Gasteiger partial charge in [-0.3, -0.25) is 0 Å². The van der Waals surface area contributed by atoms with Crippen LogP contribution in [0.15, 0.2) is 24.3 Å². The molecule has 0 saturated heterocycles. The van der Waals surface area contributed by atoms with Gasteiger partial charge in [0.2, 0.25) is 0 Å². The maximum atomic E-state index is 10.9. The maximum Gasteiger partial charge on any atom is 0.338 e. The Morgan fingerprint density at radius 1 is 1.33 bits per heavy atom. The standard InChI is InChI=1S/C13H14ClNO3/c1-7(2)15-10-4-3-9(14)5-8(10)6-11(15)12(16)13(17)18/h3-7,12,16H,1-2H3,(H,17,18). The van der Waals surface area contributed by atoms with Crippen LogP contribution in [-0.2, 0) is 4.79 Å². The molecule has 0 saturated carbocycles. The monoisotopic (exact) mass is 267 g/mol. The van der Waals surface area contributed by atoms with Crippen LogP contribution >= 0.6 is 11.6 Å². The second kappa shape index (κ2) is 4.63. The van der Waals surface area contributed by atoms with Crippen LogP contribution < -0.4 is 0 Å². The van der Waals surface area contributed by atoms with Crippen LogP contribution in [0.3, 0.4) is 0 Å². The Hall–Kier alpha value is -1.52. The molecule has 4 nitrogen and oxygen atoms in total. The van der Waals surface area contributed by atoms with Crippen LogP contribution in [0, 0.1) is 0 Å². The van der Waals surface area contributed by atoms with E-state index in [-0.39, 0.29) is 6.04 Å². The van der Waals surface area contributed by atoms with E-state index in [4.69, 9.17) is 16.7 Å². The topological polar surface area (TPSA) is 62.5 Å². The summed E-state index contributed by atoms with van der Waals surface area (Å²) in [7, 11) is 0. The van der Waals surface area contributed by atoms with Crippen molar-refractivity contribution in [3.05, 3.63) is 35.0 Å². The van der Waals surface area contributed by atoms with E-state index in [1.54, 1.807) is 18.2 Å². The van der Waals surface area contributed by atoms with Crippen molar-refractivity contribution in [2.24, 2.45) is 0 Å². The number of aliphatic carboxylic acids is 1. The number of aliphatic hydroxyl groups is 1. The molecule has 2 N–H and O–H groups in total. The van der Waals surface area contributed by atoms with Gasteiger partial charge in [0.25, 0.3) is 0 Å². The molecule has 1 aromatic carbocycles. The molecule has 0 aliphatic rings. The lowest BCUT2D eigenvalue weighted by atomic mass is 10.2. The van der Waals surface area contributed by atoms with Gasteiger partial charge in [0, 0.05) is 22.0 Å². The van der Waals surface area contributed by atoms with Crippen molar-refractivity contribution in [3.8, 4) is 0 Å². The first-order valence-electron chi connectivity index (χ1n) is 5.63. The lowest BCUT2D eigenvalue weighted by Crippen LogP contribution is -2.16. The highest BCUT2D eigenvalue weighted by atomic mass is 35.5. The van der Waals surface area contributed by atoms with Gasteiger partial charge in [0.1, 0.15) is 0 Å². The first kappa shape index (κ1) is 12.9. The second-order valence-electron chi connectivity index (χ2n) is 4.48. The largest absolute Gasteiger partial charge is 0.479 e. The molecule has 1 atom stereocenters. The SMILES string of the molecule is CC(C)n1c(C(O)C(=O)O)cc2cc(Cl)ccc21. The van der Waals surface area contributed by atoms with E-state index in [1.165, 1.54) is 0 Å². The van der Waals surface area contributed by atoms with Gasteiger partial charge in [-0.1, -0.05) is 11.6 Å². The van der Waals surface area contributed by atoms with Crippen molar-refractivity contribution in [1.29, 1.82) is 0 Å². The molecular formula is C13H14ClNO3. The predicted molar refractivity (Wildman–Crippen MR) is 69.9 cm³/mol. The van der Waals surface area contributed by atoms with E-state index in [2.05, 4.69) is 0 Å². The van der Waals surface area contributed by atoms with Crippen molar-refractivity contribution in [1.82, 2.24) is 4.57 Å². The predicted octanol–water partition coefficient (Wildman–Crippen LogP) is 2.99. The highest BCUT2D eigenvalue weighted by molar-refractivity contribution is 6.31. The Balaban J connectivity index is 2.72. The molecule has 0 aliphatic carbocycles. The van der Waals surface area contributed by atoms with E-state index < -0.39 is 12.1 Å². The Labute approximate surface area is 109 Å². The number of carbonyl (C=O) groups is 1. The quantitative estimate of drug-likeness (QED) is 0.899. The fourth-order valence-corrected chi connectivity index (χ4v) is 2.32. The van der Waals surface area contributed by atoms with E-state index in [9.17, 15) is 9.90 Å². The summed E-state index contributed by atoms with van der Waals surface area (Å²) in [5.41, 5.74) is 1.24. The van der Waals surface area contributed by atoms with Gasteiger partial charge in [-0.05, 0) is 38.1 Å². The third-order valence-electron chi connectivity index (χ3n) is 2.86. The van der Waals surface area contributed by atoms with Crippen molar-refractivity contribution >= 4 is 28.5 Å². The van der Waals surface area contributed by atoms with Crippen LogP contribution in [-0.4, -0.2) is 20.7 Å². The number of carboxylic acids is 1. The molecule has 2 rings (SSSR count). The van der Waals surface area contributed by atoms with Crippen molar-refractivity contribution in [2.75, 3.05) is 0 Å². The first-order chi connectivity index (χ1) is 8.41. The molecule has 0 spiro atoms. The molecule has 0 fully saturated rings. The average molecular weight is 268 g/mol. The number of fused-ring (bicyclic) bond motifs is 1. The molecule has 0 amide bonds. The summed E-state index contributed by atoms with van der Waals surface area (Å²) in [6.45, 7) is 3.87. The summed E-state index contributed by atoms with van der Waals surface area (Å²) >= 11 is 5.91. The van der Waals surface area contributed by atoms with Gasteiger partial charge in [-0.2, -0.15) is 0 Å². The molecule has 2 aromatic rings. The van der Waals surface area contributed by atoms with Crippen LogP contribution in [0.1, 0.15) is 31.7 Å². The minimum Gasteiger partial charge on any atom is -0.479 e. The molecule has 96 valence electrons. The Bertz CT molecular complexity index is 604. The number of aliphatic hydroxyl groups excluding tert-OH is 1. The number of aromatic nitrogens is 1. The summed E-state index contributed by atoms with van der Waals surface area (Å²) in [6, 6.07) is 7.05. The van der Waals surface area contributed by atoms with Crippen LogP contribution in [0.4, 0.5) is 0 Å². The van der Waals surface area contributed by atoms with Crippen LogP contribution in [0.25, 0.3) is 10.9 Å². The minimum atomic E-state index is -1.53. The van der Waals surface area contributed by atoms with Crippen LogP contribution in [0.5, 0.6) is 0 Å². The molecule has 1 heterocycles. The molecule has 0 bridgehead atoms. The Morgan fingerprint density at radius 2 is 2.00 bits per heavy atom. The molecule has 18 heavy (non-hydrogen) atoms. The highest BCUT2D eigenvalue weighted by Crippen LogP contribution is 2.30. The lowest BCUT2D eigenvalue weighted by Gasteiger charge is -2.16. The summed E-state index contributed by atoms with van der Waals surface area (Å²) < 4.78 is 1.81. The van der Waals surface area contributed by atoms with E-state index >= 15 is 0 Å². The van der Waals surface area contributed by atoms with Crippen molar-refractivity contribution in [2.45, 2.75) is 26.0 Å². The van der Waals surface area contributed by atoms with Gasteiger partial charge in [-0.15, -0.1) is 0 Å². The molecule has 1 aromatic heterocycles. The summed E-state index contributed by atoms with van der Waals surface area (Å²) in [6.07, 6.45) is -1.53. The summed E-state index contributed by atoms with van der Waals surface area (Å²) in [5, 5.41) is 20.1. The van der Waals surface area contributed by atoms with Gasteiger partial charge in [0.15, 0.2) is 6.10 Å². The fourth-order valence-electron chi connectivity index (χ4n) is 2.14. The zero-order chi connectivity index (χ0) is 13.4. The minimum absolute atomic E-state index is 0.0488. The summed E-state index contributed by atoms with van der Waals surface area (Å²) in [5.74, 6) is -1.26. The number of nitrogens with zero attached hydrogens (tertiary/aromatic N) is 1. The Morgan fingerprint density at radius 3 is 2.56 bits per heavy atom. The van der Waals surface area contributed by atoms with E-state index in [0.29, 0.717) is 10.7 Å². The fraction of sp³-hybridized carbons (Fsp3) is 0.308. The molecule has 0 radical (unpaired) electrons. The zero-order valence-electron chi connectivity index (χ0n) is 10.1. The first-order valence-corrected chi connectivity index (χ1v) is 6.01. The zero-order valence-corrected chi connectivity index (χ0v) is 10.8. The van der Waals surface area contributed by atoms with Gasteiger partial charge in [0.05, 0.1) is 5.69 Å². The number of hydrogen-bond acceptors (Lipinski definition) is 2. The number of hydrogen-bond donors (Lipinski definition) is 2. The van der Waals surface area contributed by atoms with Gasteiger partial charge >= 0.3 is 5.97 Å². The molecule has 1 unspecified atom stereocenters. The van der Waals surface area contributed by atoms with E-state index in [1.807, 2.05) is 24.5 Å². The number of rotatable bonds is 3. The highest BCUT2D eigenvalue weighted by Gasteiger charge is 2.23. The lowest BCUT2D eigenvalue weighted by molar-refractivity contribution is -0.147. The smallest absolute Gasteiger partial charge is 0.338 e. The van der Waals surface area contributed by atoms with Crippen molar-refractivity contribution in [3.63, 3.8) is 0 Å². The normalized spacial score (nSPS) is 13.2. The number of benzene rings is 1.